The van der Waals surface area contributed by atoms with Crippen LogP contribution in [0.15, 0.2) is 89.7 Å². The van der Waals surface area contributed by atoms with E-state index in [0.29, 0.717) is 16.8 Å². The van der Waals surface area contributed by atoms with E-state index in [9.17, 15) is 23.1 Å². The minimum Gasteiger partial charge on any atom is -0.378 e. The van der Waals surface area contributed by atoms with Crippen molar-refractivity contribution in [3.05, 3.63) is 102 Å². The Balaban J connectivity index is 1.34. The molecular formula is C26H19F3N6O3. The zero-order chi connectivity index (χ0) is 26.7. The highest BCUT2D eigenvalue weighted by Crippen LogP contribution is 2.38. The average Bonchev–Trinajstić information content (AvgIpc) is 3.60. The molecule has 0 spiro atoms. The molecule has 38 heavy (non-hydrogen) atoms. The highest BCUT2D eigenvalue weighted by molar-refractivity contribution is 5.82. The van der Waals surface area contributed by atoms with Crippen LogP contribution in [0.4, 0.5) is 13.2 Å². The van der Waals surface area contributed by atoms with Crippen LogP contribution in [0.3, 0.4) is 0 Å². The number of nitrogens with zero attached hydrogens (tertiary/aromatic N) is 5. The van der Waals surface area contributed by atoms with Crippen LogP contribution in [-0.2, 0) is 17.5 Å². The van der Waals surface area contributed by atoms with E-state index in [4.69, 9.17) is 4.52 Å². The Morgan fingerprint density at radius 3 is 2.45 bits per heavy atom. The molecule has 0 aliphatic heterocycles. The molecule has 0 aliphatic rings. The summed E-state index contributed by atoms with van der Waals surface area (Å²) in [6.07, 6.45) is -3.56. The molecule has 0 bridgehead atoms. The molecule has 12 heteroatoms. The van der Waals surface area contributed by atoms with E-state index in [2.05, 4.69) is 25.5 Å². The van der Waals surface area contributed by atoms with Gasteiger partial charge in [-0.1, -0.05) is 53.7 Å². The summed E-state index contributed by atoms with van der Waals surface area (Å²) < 4.78 is 47.8. The van der Waals surface area contributed by atoms with Gasteiger partial charge in [0.1, 0.15) is 0 Å². The minimum atomic E-state index is -4.74. The summed E-state index contributed by atoms with van der Waals surface area (Å²) in [4.78, 5) is 20.5. The summed E-state index contributed by atoms with van der Waals surface area (Å²) in [6, 6.07) is 19.2. The first-order chi connectivity index (χ1) is 18.3. The smallest absolute Gasteiger partial charge is 0.378 e. The predicted octanol–water partition coefficient (Wildman–Crippen LogP) is 4.35. The number of aromatic nitrogens is 5. The van der Waals surface area contributed by atoms with Crippen molar-refractivity contribution in [1.29, 1.82) is 0 Å². The second-order valence-electron chi connectivity index (χ2n) is 8.14. The summed E-state index contributed by atoms with van der Waals surface area (Å²) >= 11 is 0. The van der Waals surface area contributed by atoms with Crippen LogP contribution < -0.4 is 5.32 Å². The third-order valence-electron chi connectivity index (χ3n) is 5.60. The van der Waals surface area contributed by atoms with Crippen molar-refractivity contribution in [2.75, 3.05) is 0 Å². The lowest BCUT2D eigenvalue weighted by Gasteiger charge is -2.12. The zero-order valence-corrected chi connectivity index (χ0v) is 19.5. The molecule has 0 aliphatic carbocycles. The number of aliphatic hydroxyl groups is 1. The molecule has 1 atom stereocenters. The quantitative estimate of drug-likeness (QED) is 0.327. The van der Waals surface area contributed by atoms with Crippen molar-refractivity contribution in [3.8, 4) is 28.5 Å². The van der Waals surface area contributed by atoms with Crippen LogP contribution >= 0.6 is 0 Å². The molecule has 0 unspecified atom stereocenters. The van der Waals surface area contributed by atoms with Crippen LogP contribution in [0.5, 0.6) is 0 Å². The van der Waals surface area contributed by atoms with Gasteiger partial charge in [-0.25, -0.2) is 4.68 Å². The number of aliphatic hydroxyl groups excluding tert-OH is 1. The molecule has 192 valence electrons. The third-order valence-corrected chi connectivity index (χ3v) is 5.60. The highest BCUT2D eigenvalue weighted by Gasteiger charge is 2.40. The van der Waals surface area contributed by atoms with Gasteiger partial charge in [0.2, 0.25) is 5.82 Å². The number of para-hydroxylation sites is 1. The van der Waals surface area contributed by atoms with Crippen LogP contribution in [0.2, 0.25) is 0 Å². The van der Waals surface area contributed by atoms with Crippen LogP contribution in [-0.4, -0.2) is 35.9 Å². The normalized spacial score (nSPS) is 12.3. The number of alkyl halides is 3. The number of halogens is 3. The molecule has 9 nitrogen and oxygen atoms in total. The highest BCUT2D eigenvalue weighted by atomic mass is 19.4. The minimum absolute atomic E-state index is 0.0289. The van der Waals surface area contributed by atoms with Gasteiger partial charge in [-0.15, -0.1) is 0 Å². The number of amides is 1. The Bertz CT molecular complexity index is 1530. The Labute approximate surface area is 213 Å². The van der Waals surface area contributed by atoms with Gasteiger partial charge in [-0.3, -0.25) is 9.78 Å². The van der Waals surface area contributed by atoms with Crippen LogP contribution in [0, 0.1) is 0 Å². The first-order valence-corrected chi connectivity index (χ1v) is 11.3. The number of carbonyl (C=O) groups excluding carboxylic acids is 1. The van der Waals surface area contributed by atoms with E-state index >= 15 is 0 Å². The van der Waals surface area contributed by atoms with Crippen molar-refractivity contribution in [2.24, 2.45) is 0 Å². The van der Waals surface area contributed by atoms with E-state index in [0.717, 1.165) is 10.9 Å². The Morgan fingerprint density at radius 1 is 1.03 bits per heavy atom. The van der Waals surface area contributed by atoms with E-state index in [1.54, 1.807) is 42.6 Å². The molecule has 0 fully saturated rings. The molecule has 3 aromatic heterocycles. The number of carbonyl (C=O) groups is 1. The molecule has 5 aromatic rings. The van der Waals surface area contributed by atoms with Crippen molar-refractivity contribution < 1.29 is 27.6 Å². The maximum absolute atomic E-state index is 14.0. The lowest BCUT2D eigenvalue weighted by molar-refractivity contribution is -0.142. The van der Waals surface area contributed by atoms with Gasteiger partial charge in [0.25, 0.3) is 11.8 Å². The molecule has 2 aromatic carbocycles. The van der Waals surface area contributed by atoms with Gasteiger partial charge in [0, 0.05) is 11.8 Å². The van der Waals surface area contributed by atoms with Gasteiger partial charge in [0.05, 0.1) is 29.7 Å². The first kappa shape index (κ1) is 24.8. The molecule has 0 radical (unpaired) electrons. The van der Waals surface area contributed by atoms with E-state index in [1.807, 2.05) is 0 Å². The van der Waals surface area contributed by atoms with Crippen LogP contribution in [0.25, 0.3) is 28.5 Å². The molecular weight excluding hydrogens is 501 g/mol. The number of benzene rings is 2. The fourth-order valence-electron chi connectivity index (χ4n) is 3.74. The van der Waals surface area contributed by atoms with Gasteiger partial charge >= 0.3 is 6.18 Å². The molecule has 0 saturated carbocycles. The molecule has 1 amide bonds. The summed E-state index contributed by atoms with van der Waals surface area (Å²) in [5.74, 6) is -0.936. The number of pyridine rings is 1. The fraction of sp³-hybridized carbons (Fsp3) is 0.115. The monoisotopic (exact) mass is 520 g/mol. The van der Waals surface area contributed by atoms with E-state index < -0.39 is 23.9 Å². The Kier molecular flexibility index (Phi) is 6.71. The van der Waals surface area contributed by atoms with E-state index in [1.165, 1.54) is 36.4 Å². The number of nitrogens with one attached hydrogen (secondary N) is 1. The maximum atomic E-state index is 14.0. The van der Waals surface area contributed by atoms with Crippen LogP contribution in [0.1, 0.15) is 23.1 Å². The number of hydrogen-bond donors (Lipinski definition) is 2. The van der Waals surface area contributed by atoms with Crippen molar-refractivity contribution in [3.63, 3.8) is 0 Å². The van der Waals surface area contributed by atoms with Crippen molar-refractivity contribution >= 4 is 5.91 Å². The maximum Gasteiger partial charge on any atom is 0.434 e. The first-order valence-electron chi connectivity index (χ1n) is 11.3. The standard InChI is InChI=1S/C26H19F3N6O3/c27-26(28,29)22-20(15-32-35(22)19-7-2-1-3-8-19)25-33-23(34-38-25)17-11-9-16(10-12-17)21(36)24(37)31-14-18-6-4-5-13-30-18/h1-13,15,21,36H,14H2,(H,31,37)/t21-/m1/s1. The second kappa shape index (κ2) is 10.3. The lowest BCUT2D eigenvalue weighted by atomic mass is 10.1. The summed E-state index contributed by atoms with van der Waals surface area (Å²) in [5, 5.41) is 20.7. The van der Waals surface area contributed by atoms with Crippen molar-refractivity contribution in [1.82, 2.24) is 30.2 Å². The SMILES string of the molecule is O=C(NCc1ccccn1)[C@H](O)c1ccc(-c2noc(-c3cnn(-c4ccccc4)c3C(F)(F)F)n2)cc1. The Hall–Kier alpha value is -4.84. The Morgan fingerprint density at radius 2 is 1.76 bits per heavy atom. The summed E-state index contributed by atoms with van der Waals surface area (Å²) in [7, 11) is 0. The molecule has 3 heterocycles. The van der Waals surface area contributed by atoms with Crippen molar-refractivity contribution in [2.45, 2.75) is 18.8 Å². The van der Waals surface area contributed by atoms with Gasteiger partial charge in [-0.05, 0) is 29.8 Å². The average molecular weight is 520 g/mol. The molecule has 5 rings (SSSR count). The topological polar surface area (TPSA) is 119 Å². The largest absolute Gasteiger partial charge is 0.434 e. The summed E-state index contributed by atoms with van der Waals surface area (Å²) in [5.41, 5.74) is 0.169. The fourth-order valence-corrected chi connectivity index (χ4v) is 3.74. The van der Waals surface area contributed by atoms with Gasteiger partial charge in [-0.2, -0.15) is 23.3 Å². The molecule has 2 N–H and O–H groups in total. The lowest BCUT2D eigenvalue weighted by Crippen LogP contribution is -2.29. The molecule has 0 saturated heterocycles. The van der Waals surface area contributed by atoms with Gasteiger partial charge < -0.3 is 14.9 Å². The third kappa shape index (κ3) is 5.15. The predicted molar refractivity (Wildman–Crippen MR) is 128 cm³/mol. The number of rotatable bonds is 7. The number of hydrogen-bond acceptors (Lipinski definition) is 7. The van der Waals surface area contributed by atoms with Gasteiger partial charge in [0.15, 0.2) is 11.8 Å². The van der Waals surface area contributed by atoms with E-state index in [-0.39, 0.29) is 29.5 Å². The second-order valence-corrected chi connectivity index (χ2v) is 8.14. The summed E-state index contributed by atoms with van der Waals surface area (Å²) in [6.45, 7) is 0.154. The zero-order valence-electron chi connectivity index (χ0n) is 19.5.